The molecule has 0 aliphatic heterocycles. The van der Waals surface area contributed by atoms with Crippen LogP contribution in [0.15, 0.2) is 53.7 Å². The SMILES string of the molecule is NCC#Cc1cccc(CSc2ccccn2)c1. The Bertz CT molecular complexity index is 555. The van der Waals surface area contributed by atoms with E-state index in [2.05, 4.69) is 29.0 Å². The minimum absolute atomic E-state index is 0.396. The summed E-state index contributed by atoms with van der Waals surface area (Å²) in [6, 6.07) is 14.2. The van der Waals surface area contributed by atoms with Crippen molar-refractivity contribution in [2.45, 2.75) is 10.8 Å². The van der Waals surface area contributed by atoms with E-state index in [9.17, 15) is 0 Å². The van der Waals surface area contributed by atoms with Gasteiger partial charge < -0.3 is 5.73 Å². The zero-order chi connectivity index (χ0) is 12.6. The molecular formula is C15H14N2S. The Kier molecular flexibility index (Phi) is 4.83. The van der Waals surface area contributed by atoms with Crippen LogP contribution in [0.2, 0.25) is 0 Å². The highest BCUT2D eigenvalue weighted by Crippen LogP contribution is 2.20. The van der Waals surface area contributed by atoms with Gasteiger partial charge in [0.1, 0.15) is 0 Å². The number of rotatable bonds is 3. The molecule has 2 aromatic rings. The van der Waals surface area contributed by atoms with Gasteiger partial charge in [0.15, 0.2) is 0 Å². The van der Waals surface area contributed by atoms with E-state index >= 15 is 0 Å². The molecule has 2 nitrogen and oxygen atoms in total. The van der Waals surface area contributed by atoms with Crippen molar-refractivity contribution in [1.82, 2.24) is 4.98 Å². The molecule has 0 saturated heterocycles. The fourth-order valence-corrected chi connectivity index (χ4v) is 2.29. The summed E-state index contributed by atoms with van der Waals surface area (Å²) in [5, 5.41) is 1.04. The highest BCUT2D eigenvalue weighted by molar-refractivity contribution is 7.98. The quantitative estimate of drug-likeness (QED) is 0.676. The summed E-state index contributed by atoms with van der Waals surface area (Å²) in [7, 11) is 0. The minimum Gasteiger partial charge on any atom is -0.320 e. The van der Waals surface area contributed by atoms with Crippen molar-refractivity contribution in [3.63, 3.8) is 0 Å². The van der Waals surface area contributed by atoms with E-state index in [4.69, 9.17) is 5.73 Å². The Morgan fingerprint density at radius 2 is 2.11 bits per heavy atom. The molecule has 3 heteroatoms. The predicted molar refractivity (Wildman–Crippen MR) is 76.2 cm³/mol. The highest BCUT2D eigenvalue weighted by Gasteiger charge is 1.97. The maximum atomic E-state index is 5.36. The van der Waals surface area contributed by atoms with Gasteiger partial charge >= 0.3 is 0 Å². The largest absolute Gasteiger partial charge is 0.320 e. The van der Waals surface area contributed by atoms with Crippen molar-refractivity contribution in [2.75, 3.05) is 6.54 Å². The fraction of sp³-hybridized carbons (Fsp3) is 0.133. The van der Waals surface area contributed by atoms with E-state index in [1.807, 2.05) is 36.5 Å². The zero-order valence-electron chi connectivity index (χ0n) is 9.97. The molecular weight excluding hydrogens is 240 g/mol. The summed E-state index contributed by atoms with van der Waals surface area (Å²) in [4.78, 5) is 4.28. The molecule has 0 radical (unpaired) electrons. The summed E-state index contributed by atoms with van der Waals surface area (Å²) >= 11 is 1.72. The minimum atomic E-state index is 0.396. The predicted octanol–water partition coefficient (Wildman–Crippen LogP) is 2.68. The number of aromatic nitrogens is 1. The number of nitrogens with zero attached hydrogens (tertiary/aromatic N) is 1. The molecule has 0 saturated carbocycles. The first-order valence-corrected chi connectivity index (χ1v) is 6.69. The molecule has 0 aliphatic carbocycles. The lowest BCUT2D eigenvalue weighted by Gasteiger charge is -2.01. The van der Waals surface area contributed by atoms with Gasteiger partial charge in [-0.2, -0.15) is 0 Å². The standard InChI is InChI=1S/C15H14N2S/c16-9-4-7-13-5-3-6-14(11-13)12-18-15-8-1-2-10-17-15/h1-3,5-6,8,10-11H,9,12,16H2. The van der Waals surface area contributed by atoms with E-state index in [-0.39, 0.29) is 0 Å². The molecule has 0 aliphatic rings. The molecule has 90 valence electrons. The van der Waals surface area contributed by atoms with Crippen molar-refractivity contribution in [1.29, 1.82) is 0 Å². The molecule has 1 aromatic heterocycles. The lowest BCUT2D eigenvalue weighted by atomic mass is 10.1. The highest BCUT2D eigenvalue weighted by atomic mass is 32.2. The number of hydrogen-bond donors (Lipinski definition) is 1. The van der Waals surface area contributed by atoms with Crippen LogP contribution >= 0.6 is 11.8 Å². The van der Waals surface area contributed by atoms with Crippen LogP contribution in [0.25, 0.3) is 0 Å². The normalized spacial score (nSPS) is 9.61. The van der Waals surface area contributed by atoms with E-state index < -0.39 is 0 Å². The van der Waals surface area contributed by atoms with Gasteiger partial charge in [0.2, 0.25) is 0 Å². The second-order valence-corrected chi connectivity index (χ2v) is 4.66. The first-order valence-electron chi connectivity index (χ1n) is 5.70. The third-order valence-corrected chi connectivity index (χ3v) is 3.30. The van der Waals surface area contributed by atoms with Gasteiger partial charge in [-0.15, -0.1) is 11.8 Å². The van der Waals surface area contributed by atoms with Crippen LogP contribution < -0.4 is 5.73 Å². The molecule has 18 heavy (non-hydrogen) atoms. The fourth-order valence-electron chi connectivity index (χ4n) is 1.48. The lowest BCUT2D eigenvalue weighted by molar-refractivity contribution is 1.13. The Morgan fingerprint density at radius 3 is 2.89 bits per heavy atom. The summed E-state index contributed by atoms with van der Waals surface area (Å²) in [5.41, 5.74) is 7.62. The average Bonchev–Trinajstić information content (AvgIpc) is 2.44. The van der Waals surface area contributed by atoms with Gasteiger partial charge in [0.25, 0.3) is 0 Å². The van der Waals surface area contributed by atoms with Crippen molar-refractivity contribution in [3.05, 3.63) is 59.8 Å². The Morgan fingerprint density at radius 1 is 1.17 bits per heavy atom. The van der Waals surface area contributed by atoms with Crippen molar-refractivity contribution < 1.29 is 0 Å². The third-order valence-electron chi connectivity index (χ3n) is 2.29. The number of hydrogen-bond acceptors (Lipinski definition) is 3. The topological polar surface area (TPSA) is 38.9 Å². The second-order valence-electron chi connectivity index (χ2n) is 3.66. The molecule has 2 N–H and O–H groups in total. The Balaban J connectivity index is 2.01. The molecule has 1 aromatic carbocycles. The molecule has 0 spiro atoms. The maximum absolute atomic E-state index is 5.36. The summed E-state index contributed by atoms with van der Waals surface area (Å²) < 4.78 is 0. The Labute approximate surface area is 112 Å². The van der Waals surface area contributed by atoms with E-state index in [0.717, 1.165) is 16.3 Å². The molecule has 0 atom stereocenters. The van der Waals surface area contributed by atoms with E-state index in [1.54, 1.807) is 11.8 Å². The summed E-state index contributed by atoms with van der Waals surface area (Å²) in [5.74, 6) is 6.81. The summed E-state index contributed by atoms with van der Waals surface area (Å²) in [6.07, 6.45) is 1.81. The number of pyridine rings is 1. The molecule has 0 amide bonds. The first kappa shape index (κ1) is 12.7. The first-order chi connectivity index (χ1) is 8.88. The Hall–Kier alpha value is -1.76. The second kappa shape index (κ2) is 6.85. The van der Waals surface area contributed by atoms with Crippen LogP contribution in [0, 0.1) is 11.8 Å². The van der Waals surface area contributed by atoms with Gasteiger partial charge in [-0.25, -0.2) is 4.98 Å². The molecule has 0 unspecified atom stereocenters. The number of benzene rings is 1. The number of thioether (sulfide) groups is 1. The molecule has 2 rings (SSSR count). The van der Waals surface area contributed by atoms with Gasteiger partial charge in [-0.05, 0) is 29.8 Å². The lowest BCUT2D eigenvalue weighted by Crippen LogP contribution is -1.93. The monoisotopic (exact) mass is 254 g/mol. The van der Waals surface area contributed by atoms with Crippen LogP contribution in [0.4, 0.5) is 0 Å². The maximum Gasteiger partial charge on any atom is 0.0963 e. The smallest absolute Gasteiger partial charge is 0.0963 e. The van der Waals surface area contributed by atoms with Crippen LogP contribution in [-0.2, 0) is 5.75 Å². The van der Waals surface area contributed by atoms with Gasteiger partial charge in [-0.1, -0.05) is 30.0 Å². The van der Waals surface area contributed by atoms with E-state index in [1.165, 1.54) is 5.56 Å². The van der Waals surface area contributed by atoms with Crippen molar-refractivity contribution >= 4 is 11.8 Å². The van der Waals surface area contributed by atoms with Crippen LogP contribution in [0.1, 0.15) is 11.1 Å². The van der Waals surface area contributed by atoms with Gasteiger partial charge in [0.05, 0.1) is 11.6 Å². The van der Waals surface area contributed by atoms with Gasteiger partial charge in [0, 0.05) is 17.5 Å². The summed E-state index contributed by atoms with van der Waals surface area (Å²) in [6.45, 7) is 0.396. The van der Waals surface area contributed by atoms with Crippen molar-refractivity contribution in [2.24, 2.45) is 5.73 Å². The molecule has 0 bridgehead atoms. The van der Waals surface area contributed by atoms with E-state index in [0.29, 0.717) is 6.54 Å². The van der Waals surface area contributed by atoms with Crippen LogP contribution in [0.5, 0.6) is 0 Å². The van der Waals surface area contributed by atoms with Crippen LogP contribution in [-0.4, -0.2) is 11.5 Å². The molecule has 0 fully saturated rings. The molecule has 1 heterocycles. The average molecular weight is 254 g/mol. The number of nitrogens with two attached hydrogens (primary N) is 1. The van der Waals surface area contributed by atoms with Gasteiger partial charge in [-0.3, -0.25) is 0 Å². The zero-order valence-corrected chi connectivity index (χ0v) is 10.8. The third kappa shape index (κ3) is 3.92. The van der Waals surface area contributed by atoms with Crippen molar-refractivity contribution in [3.8, 4) is 11.8 Å². The van der Waals surface area contributed by atoms with Crippen LogP contribution in [0.3, 0.4) is 0 Å².